The Morgan fingerprint density at radius 3 is 2.56 bits per heavy atom. The van der Waals surface area contributed by atoms with Crippen LogP contribution >= 0.6 is 0 Å². The summed E-state index contributed by atoms with van der Waals surface area (Å²) in [6.45, 7) is 5.86. The summed E-state index contributed by atoms with van der Waals surface area (Å²) in [6.07, 6.45) is 12.1. The Hall–Kier alpha value is -4.48. The smallest absolute Gasteiger partial charge is 0.225 e. The first kappa shape index (κ1) is 22.0. The first-order chi connectivity index (χ1) is 17.7. The van der Waals surface area contributed by atoms with E-state index in [4.69, 9.17) is 4.98 Å². The lowest BCUT2D eigenvalue weighted by Gasteiger charge is -2.31. The van der Waals surface area contributed by atoms with Crippen molar-refractivity contribution in [1.29, 1.82) is 0 Å². The largest absolute Gasteiger partial charge is 0.351 e. The predicted molar refractivity (Wildman–Crippen MR) is 134 cm³/mol. The van der Waals surface area contributed by atoms with Crippen LogP contribution in [0.5, 0.6) is 0 Å². The fraction of sp³-hybridized carbons (Fsp3) is 0.333. The van der Waals surface area contributed by atoms with E-state index in [2.05, 4.69) is 52.7 Å². The lowest BCUT2D eigenvalue weighted by Crippen LogP contribution is -2.34. The molecule has 36 heavy (non-hydrogen) atoms. The zero-order valence-electron chi connectivity index (χ0n) is 20.2. The van der Waals surface area contributed by atoms with Crippen LogP contribution in [0.1, 0.15) is 42.6 Å². The van der Waals surface area contributed by atoms with E-state index in [1.54, 1.807) is 6.20 Å². The van der Waals surface area contributed by atoms with Crippen LogP contribution in [0, 0.1) is 6.92 Å². The van der Waals surface area contributed by atoms with E-state index >= 15 is 0 Å². The van der Waals surface area contributed by atoms with Crippen molar-refractivity contribution in [2.75, 3.05) is 23.3 Å². The molecule has 1 N–H and O–H groups in total. The van der Waals surface area contributed by atoms with E-state index in [-0.39, 0.29) is 0 Å². The van der Waals surface area contributed by atoms with Gasteiger partial charge >= 0.3 is 0 Å². The number of nitrogens with zero attached hydrogens (tertiary/aromatic N) is 11. The Morgan fingerprint density at radius 1 is 1.00 bits per heavy atom. The summed E-state index contributed by atoms with van der Waals surface area (Å²) in [5.41, 5.74) is 5.65. The Labute approximate surface area is 207 Å². The van der Waals surface area contributed by atoms with Crippen LogP contribution in [-0.4, -0.2) is 62.8 Å². The molecular formula is C24H26N12. The Kier molecular flexibility index (Phi) is 5.68. The average molecular weight is 483 g/mol. The Balaban J connectivity index is 1.19. The normalized spacial score (nSPS) is 14.4. The van der Waals surface area contributed by atoms with Crippen LogP contribution in [0.25, 0.3) is 11.5 Å². The summed E-state index contributed by atoms with van der Waals surface area (Å²) in [4.78, 5) is 20.7. The van der Waals surface area contributed by atoms with Gasteiger partial charge in [0.1, 0.15) is 6.33 Å². The minimum Gasteiger partial charge on any atom is -0.351 e. The molecule has 0 spiro atoms. The van der Waals surface area contributed by atoms with Gasteiger partial charge in [0.05, 0.1) is 35.2 Å². The highest BCUT2D eigenvalue weighted by atomic mass is 15.5. The second-order valence-electron chi connectivity index (χ2n) is 8.85. The number of fused-ring (bicyclic) bond motifs is 1. The van der Waals surface area contributed by atoms with Crippen molar-refractivity contribution >= 4 is 23.0 Å². The molecule has 0 bridgehead atoms. The molecule has 5 aromatic rings. The van der Waals surface area contributed by atoms with E-state index in [0.29, 0.717) is 11.7 Å². The number of nitrogens with one attached hydrogen (secondary N) is 1. The topological polar surface area (TPSA) is 128 Å². The second-order valence-corrected chi connectivity index (χ2v) is 8.85. The van der Waals surface area contributed by atoms with Gasteiger partial charge in [-0.1, -0.05) is 6.92 Å². The number of rotatable bonds is 6. The molecule has 12 nitrogen and oxygen atoms in total. The second kappa shape index (κ2) is 9.29. The highest BCUT2D eigenvalue weighted by Crippen LogP contribution is 2.31. The number of aryl methyl sites for hydroxylation is 2. The number of imidazole rings is 1. The van der Waals surface area contributed by atoms with Gasteiger partial charge in [-0.3, -0.25) is 0 Å². The zero-order valence-corrected chi connectivity index (χ0v) is 20.2. The van der Waals surface area contributed by atoms with Gasteiger partial charge in [-0.2, -0.15) is 9.78 Å². The molecule has 0 unspecified atom stereocenters. The van der Waals surface area contributed by atoms with Gasteiger partial charge < -0.3 is 10.2 Å². The molecule has 12 heteroatoms. The van der Waals surface area contributed by atoms with Gasteiger partial charge in [0.25, 0.3) is 0 Å². The van der Waals surface area contributed by atoms with E-state index in [1.165, 1.54) is 11.0 Å². The number of tetrazole rings is 1. The predicted octanol–water partition coefficient (Wildman–Crippen LogP) is 2.89. The molecule has 5 aromatic heterocycles. The molecule has 0 aliphatic carbocycles. The van der Waals surface area contributed by atoms with E-state index < -0.39 is 0 Å². The maximum absolute atomic E-state index is 4.72. The van der Waals surface area contributed by atoms with Crippen LogP contribution in [0.4, 0.5) is 17.3 Å². The maximum Gasteiger partial charge on any atom is 0.225 e. The maximum atomic E-state index is 4.72. The standard InChI is InChI=1S/C24H26N12/c1-3-17-12-26-24(27-13-17)34-10-7-18(8-11-34)21-14-25-23-20(6-9-29-36(21)23)31-19-4-5-22(30-16(19)2)35-15-28-32-33-35/h4-6,9,12-15,18,31H,3,7-8,10-11H2,1-2H3. The zero-order chi connectivity index (χ0) is 24.5. The molecule has 6 rings (SSSR count). The highest BCUT2D eigenvalue weighted by Gasteiger charge is 2.25. The summed E-state index contributed by atoms with van der Waals surface area (Å²) in [7, 11) is 0. The number of hydrogen-bond donors (Lipinski definition) is 1. The Morgan fingerprint density at radius 2 is 1.83 bits per heavy atom. The molecule has 1 saturated heterocycles. The monoisotopic (exact) mass is 482 g/mol. The van der Waals surface area contributed by atoms with Crippen molar-refractivity contribution in [2.24, 2.45) is 0 Å². The summed E-state index contributed by atoms with van der Waals surface area (Å²) in [5.74, 6) is 1.83. The minimum atomic E-state index is 0.368. The van der Waals surface area contributed by atoms with Gasteiger partial charge in [-0.15, -0.1) is 5.10 Å². The van der Waals surface area contributed by atoms with Gasteiger partial charge in [0.2, 0.25) is 5.95 Å². The van der Waals surface area contributed by atoms with Crippen molar-refractivity contribution in [2.45, 2.75) is 39.0 Å². The molecule has 0 saturated carbocycles. The van der Waals surface area contributed by atoms with Crippen molar-refractivity contribution < 1.29 is 0 Å². The van der Waals surface area contributed by atoms with E-state index in [9.17, 15) is 0 Å². The number of hydrogen-bond acceptors (Lipinski definition) is 10. The van der Waals surface area contributed by atoms with Crippen molar-refractivity contribution in [3.8, 4) is 5.82 Å². The Bertz CT molecular complexity index is 1470. The first-order valence-electron chi connectivity index (χ1n) is 12.1. The van der Waals surface area contributed by atoms with Gasteiger partial charge in [0, 0.05) is 31.4 Å². The average Bonchev–Trinajstić information content (AvgIpc) is 3.61. The molecule has 0 aromatic carbocycles. The minimum absolute atomic E-state index is 0.368. The molecule has 0 atom stereocenters. The van der Waals surface area contributed by atoms with Crippen molar-refractivity contribution in [1.82, 2.24) is 49.8 Å². The van der Waals surface area contributed by atoms with Gasteiger partial charge in [-0.05, 0) is 60.4 Å². The lowest BCUT2D eigenvalue weighted by atomic mass is 9.94. The fourth-order valence-corrected chi connectivity index (χ4v) is 4.58. The van der Waals surface area contributed by atoms with Crippen molar-refractivity contribution in [3.63, 3.8) is 0 Å². The van der Waals surface area contributed by atoms with Crippen LogP contribution in [0.3, 0.4) is 0 Å². The van der Waals surface area contributed by atoms with Gasteiger partial charge in [-0.25, -0.2) is 24.5 Å². The molecule has 182 valence electrons. The van der Waals surface area contributed by atoms with E-state index in [0.717, 1.165) is 72.3 Å². The molecule has 0 amide bonds. The van der Waals surface area contributed by atoms with Crippen LogP contribution < -0.4 is 10.2 Å². The van der Waals surface area contributed by atoms with Crippen LogP contribution in [0.2, 0.25) is 0 Å². The van der Waals surface area contributed by atoms with E-state index in [1.807, 2.05) is 48.2 Å². The molecule has 1 aliphatic heterocycles. The summed E-state index contributed by atoms with van der Waals surface area (Å²) in [5, 5.41) is 19.3. The molecule has 1 fully saturated rings. The summed E-state index contributed by atoms with van der Waals surface area (Å²) >= 11 is 0. The van der Waals surface area contributed by atoms with Crippen LogP contribution in [0.15, 0.2) is 49.3 Å². The summed E-state index contributed by atoms with van der Waals surface area (Å²) in [6, 6.07) is 5.76. The third kappa shape index (κ3) is 4.10. The number of anilines is 3. The van der Waals surface area contributed by atoms with Crippen LogP contribution in [-0.2, 0) is 6.42 Å². The third-order valence-corrected chi connectivity index (χ3v) is 6.65. The molecule has 6 heterocycles. The quantitative estimate of drug-likeness (QED) is 0.386. The number of piperidine rings is 1. The number of aromatic nitrogens is 10. The van der Waals surface area contributed by atoms with Crippen molar-refractivity contribution in [3.05, 3.63) is 66.3 Å². The molecule has 1 aliphatic rings. The molecular weight excluding hydrogens is 456 g/mol. The van der Waals surface area contributed by atoms with Gasteiger partial charge in [0.15, 0.2) is 11.5 Å². The first-order valence-corrected chi connectivity index (χ1v) is 12.1. The third-order valence-electron chi connectivity index (χ3n) is 6.65. The fourth-order valence-electron chi connectivity index (χ4n) is 4.58. The highest BCUT2D eigenvalue weighted by molar-refractivity contribution is 5.74. The molecule has 0 radical (unpaired) electrons. The SMILES string of the molecule is CCc1cnc(N2CCC(c3cnc4c(Nc5ccc(-n6cnnn6)nc5C)ccnn34)CC2)nc1. The number of pyridine rings is 1. The summed E-state index contributed by atoms with van der Waals surface area (Å²) < 4.78 is 3.48. The lowest BCUT2D eigenvalue weighted by molar-refractivity contribution is 0.484.